The second kappa shape index (κ2) is 7.56. The lowest BCUT2D eigenvalue weighted by atomic mass is 10.1. The lowest BCUT2D eigenvalue weighted by Gasteiger charge is -2.24. The Morgan fingerprint density at radius 3 is 2.92 bits per heavy atom. The minimum absolute atomic E-state index is 0.165. The van der Waals surface area contributed by atoms with Crippen LogP contribution in [-0.4, -0.2) is 28.3 Å². The Bertz CT molecular complexity index is 893. The van der Waals surface area contributed by atoms with Crippen LogP contribution < -0.4 is 4.74 Å². The van der Waals surface area contributed by atoms with Gasteiger partial charge in [0, 0.05) is 17.3 Å². The van der Waals surface area contributed by atoms with Crippen LogP contribution in [0.25, 0.3) is 6.08 Å². The molecule has 132 valence electrons. The number of carbonyl (C=O) groups is 1. The molecule has 1 amide bonds. The van der Waals surface area contributed by atoms with E-state index in [1.807, 2.05) is 59.5 Å². The molecule has 0 spiro atoms. The maximum absolute atomic E-state index is 12.2. The van der Waals surface area contributed by atoms with Crippen molar-refractivity contribution in [3.63, 3.8) is 0 Å². The molecule has 1 fully saturated rings. The molecule has 2 aliphatic heterocycles. The first-order valence-electron chi connectivity index (χ1n) is 8.41. The third-order valence-corrected chi connectivity index (χ3v) is 5.49. The number of hydrogen-bond acceptors (Lipinski definition) is 4. The number of carbonyl (C=O) groups excluding carboxylic acids is 1. The summed E-state index contributed by atoms with van der Waals surface area (Å²) in [4.78, 5) is 18.4. The predicted molar refractivity (Wildman–Crippen MR) is 106 cm³/mol. The van der Waals surface area contributed by atoms with Crippen molar-refractivity contribution in [3.05, 3.63) is 70.4 Å². The molecule has 0 N–H and O–H groups in total. The molecule has 2 aromatic carbocycles. The number of ether oxygens (including phenoxy) is 1. The Morgan fingerprint density at radius 2 is 2.08 bits per heavy atom. The highest BCUT2D eigenvalue weighted by atomic mass is 35.5. The lowest BCUT2D eigenvalue weighted by Crippen LogP contribution is -2.30. The van der Waals surface area contributed by atoms with E-state index < -0.39 is 0 Å². The molecule has 26 heavy (non-hydrogen) atoms. The largest absolute Gasteiger partial charge is 0.489 e. The number of aliphatic imine (C=N–C) groups is 1. The minimum atomic E-state index is -0.165. The number of amidine groups is 1. The Balaban J connectivity index is 1.49. The van der Waals surface area contributed by atoms with E-state index in [0.29, 0.717) is 17.3 Å². The highest BCUT2D eigenvalue weighted by molar-refractivity contribution is 8.13. The molecule has 0 aliphatic carbocycles. The van der Waals surface area contributed by atoms with E-state index in [2.05, 4.69) is 4.99 Å². The summed E-state index contributed by atoms with van der Waals surface area (Å²) >= 11 is 7.54. The van der Waals surface area contributed by atoms with Crippen molar-refractivity contribution < 1.29 is 9.53 Å². The summed E-state index contributed by atoms with van der Waals surface area (Å²) in [6, 6.07) is 15.3. The second-order valence-corrected chi connectivity index (χ2v) is 7.57. The van der Waals surface area contributed by atoms with Gasteiger partial charge in [0.2, 0.25) is 0 Å². The van der Waals surface area contributed by atoms with Crippen molar-refractivity contribution in [2.45, 2.75) is 13.0 Å². The zero-order chi connectivity index (χ0) is 17.9. The standard InChI is InChI=1S/C20H17ClN2O2S/c21-16-7-5-14(6-8-16)13-25-17-4-1-3-15(11-17)12-18-19(24)22-20-23(18)9-2-10-26-20/h1,3-8,11-12H,2,9-10,13H2/b18-12-. The van der Waals surface area contributed by atoms with Crippen molar-refractivity contribution >= 4 is 40.5 Å². The minimum Gasteiger partial charge on any atom is -0.489 e. The van der Waals surface area contributed by atoms with E-state index in [1.165, 1.54) is 0 Å². The van der Waals surface area contributed by atoms with E-state index >= 15 is 0 Å². The number of nitrogens with zero attached hydrogens (tertiary/aromatic N) is 2. The number of rotatable bonds is 4. The Labute approximate surface area is 161 Å². The van der Waals surface area contributed by atoms with Gasteiger partial charge in [0.1, 0.15) is 18.1 Å². The summed E-state index contributed by atoms with van der Waals surface area (Å²) in [6.45, 7) is 1.31. The fourth-order valence-corrected chi connectivity index (χ4v) is 3.95. The van der Waals surface area contributed by atoms with Crippen LogP contribution >= 0.6 is 23.4 Å². The van der Waals surface area contributed by atoms with Gasteiger partial charge < -0.3 is 9.64 Å². The molecule has 1 saturated heterocycles. The van der Waals surface area contributed by atoms with Gasteiger partial charge in [0.15, 0.2) is 5.17 Å². The average Bonchev–Trinajstić information content (AvgIpc) is 2.97. The summed E-state index contributed by atoms with van der Waals surface area (Å²) in [5.74, 6) is 1.61. The molecule has 4 rings (SSSR count). The van der Waals surface area contributed by atoms with E-state index in [1.54, 1.807) is 11.8 Å². The van der Waals surface area contributed by atoms with Crippen LogP contribution in [0, 0.1) is 0 Å². The van der Waals surface area contributed by atoms with Crippen molar-refractivity contribution in [1.82, 2.24) is 4.90 Å². The quantitative estimate of drug-likeness (QED) is 0.723. The van der Waals surface area contributed by atoms with Crippen molar-refractivity contribution in [2.75, 3.05) is 12.3 Å². The molecule has 4 nitrogen and oxygen atoms in total. The average molecular weight is 385 g/mol. The van der Waals surface area contributed by atoms with Crippen LogP contribution in [0.2, 0.25) is 5.02 Å². The molecule has 0 unspecified atom stereocenters. The SMILES string of the molecule is O=C1N=C2SCCCN2/C1=C\c1cccc(OCc2ccc(Cl)cc2)c1. The molecule has 0 aromatic heterocycles. The first-order chi connectivity index (χ1) is 12.7. The Kier molecular flexibility index (Phi) is 5.00. The number of halogens is 1. The molecule has 0 radical (unpaired) electrons. The second-order valence-electron chi connectivity index (χ2n) is 6.07. The highest BCUT2D eigenvalue weighted by Gasteiger charge is 2.31. The third-order valence-electron chi connectivity index (χ3n) is 4.18. The molecule has 2 aromatic rings. The summed E-state index contributed by atoms with van der Waals surface area (Å²) in [5, 5.41) is 1.53. The summed E-state index contributed by atoms with van der Waals surface area (Å²) in [6.07, 6.45) is 2.94. The molecule has 6 heteroatoms. The van der Waals surface area contributed by atoms with Crippen LogP contribution in [0.1, 0.15) is 17.5 Å². The molecular formula is C20H17ClN2O2S. The number of amides is 1. The van der Waals surface area contributed by atoms with Gasteiger partial charge >= 0.3 is 0 Å². The number of benzene rings is 2. The normalized spacial score (nSPS) is 18.0. The Morgan fingerprint density at radius 1 is 1.23 bits per heavy atom. The van der Waals surface area contributed by atoms with Crippen molar-refractivity contribution in [1.29, 1.82) is 0 Å². The first kappa shape index (κ1) is 17.2. The molecule has 2 aliphatic rings. The van der Waals surface area contributed by atoms with E-state index in [0.717, 1.165) is 40.8 Å². The summed E-state index contributed by atoms with van der Waals surface area (Å²) in [5.41, 5.74) is 2.61. The fourth-order valence-electron chi connectivity index (χ4n) is 2.87. The number of thioether (sulfide) groups is 1. The highest BCUT2D eigenvalue weighted by Crippen LogP contribution is 2.29. The van der Waals surface area contributed by atoms with Crippen LogP contribution in [0.5, 0.6) is 5.75 Å². The van der Waals surface area contributed by atoms with Crippen LogP contribution in [-0.2, 0) is 11.4 Å². The predicted octanol–water partition coefficient (Wildman–Crippen LogP) is 4.60. The maximum Gasteiger partial charge on any atom is 0.296 e. The van der Waals surface area contributed by atoms with Crippen LogP contribution in [0.4, 0.5) is 0 Å². The number of fused-ring (bicyclic) bond motifs is 1. The first-order valence-corrected chi connectivity index (χ1v) is 9.78. The maximum atomic E-state index is 12.2. The molecule has 0 atom stereocenters. The lowest BCUT2D eigenvalue weighted by molar-refractivity contribution is -0.114. The number of hydrogen-bond donors (Lipinski definition) is 0. The zero-order valence-electron chi connectivity index (χ0n) is 14.0. The van der Waals surface area contributed by atoms with E-state index in [4.69, 9.17) is 16.3 Å². The van der Waals surface area contributed by atoms with Gasteiger partial charge in [-0.15, -0.1) is 0 Å². The Hall–Kier alpha value is -2.24. The van der Waals surface area contributed by atoms with Crippen molar-refractivity contribution in [2.24, 2.45) is 4.99 Å². The molecule has 2 heterocycles. The fraction of sp³-hybridized carbons (Fsp3) is 0.200. The van der Waals surface area contributed by atoms with Crippen LogP contribution in [0.15, 0.2) is 59.2 Å². The molecular weight excluding hydrogens is 368 g/mol. The van der Waals surface area contributed by atoms with Gasteiger partial charge in [-0.05, 0) is 47.9 Å². The van der Waals surface area contributed by atoms with Gasteiger partial charge in [-0.3, -0.25) is 4.79 Å². The van der Waals surface area contributed by atoms with Gasteiger partial charge in [0.25, 0.3) is 5.91 Å². The van der Waals surface area contributed by atoms with Gasteiger partial charge in [0.05, 0.1) is 0 Å². The zero-order valence-corrected chi connectivity index (χ0v) is 15.6. The monoisotopic (exact) mass is 384 g/mol. The van der Waals surface area contributed by atoms with Gasteiger partial charge in [-0.1, -0.05) is 47.6 Å². The third kappa shape index (κ3) is 3.79. The van der Waals surface area contributed by atoms with E-state index in [9.17, 15) is 4.79 Å². The topological polar surface area (TPSA) is 41.9 Å². The van der Waals surface area contributed by atoms with E-state index in [-0.39, 0.29) is 5.91 Å². The van der Waals surface area contributed by atoms with Gasteiger partial charge in [-0.25, -0.2) is 0 Å². The van der Waals surface area contributed by atoms with Crippen LogP contribution in [0.3, 0.4) is 0 Å². The van der Waals surface area contributed by atoms with Crippen molar-refractivity contribution in [3.8, 4) is 5.75 Å². The summed E-state index contributed by atoms with van der Waals surface area (Å²) < 4.78 is 5.87. The van der Waals surface area contributed by atoms with Gasteiger partial charge in [-0.2, -0.15) is 4.99 Å². The molecule has 0 bridgehead atoms. The smallest absolute Gasteiger partial charge is 0.296 e. The summed E-state index contributed by atoms with van der Waals surface area (Å²) in [7, 11) is 0. The molecule has 0 saturated carbocycles.